The topological polar surface area (TPSA) is 149 Å². The van der Waals surface area contributed by atoms with Crippen molar-refractivity contribution in [2.24, 2.45) is 0 Å². The van der Waals surface area contributed by atoms with Crippen LogP contribution in [0.5, 0.6) is 0 Å². The Bertz CT molecular complexity index is 2580. The molecule has 0 aliphatic carbocycles. The highest BCUT2D eigenvalue weighted by Gasteiger charge is 2.37. The molecular formula is C44H47ClN6O7S3. The van der Waals surface area contributed by atoms with Crippen LogP contribution in [-0.4, -0.2) is 107 Å². The zero-order chi connectivity index (χ0) is 43.3. The van der Waals surface area contributed by atoms with E-state index in [1.165, 1.54) is 29.1 Å². The number of aromatic carboxylic acids is 1. The van der Waals surface area contributed by atoms with Crippen molar-refractivity contribution < 1.29 is 32.6 Å². The lowest BCUT2D eigenvalue weighted by atomic mass is 10.0. The maximum absolute atomic E-state index is 13.2. The Balaban J connectivity index is 0.000000177. The number of fused-ring (bicyclic) bond motifs is 4. The minimum absolute atomic E-state index is 0.0979. The molecule has 0 radical (unpaired) electrons. The van der Waals surface area contributed by atoms with Gasteiger partial charge in [0.05, 0.1) is 65.7 Å². The molecule has 0 saturated carbocycles. The van der Waals surface area contributed by atoms with Gasteiger partial charge in [0, 0.05) is 75.9 Å². The number of nitrogens with zero attached hydrogens (tertiary/aromatic N) is 6. The Hall–Kier alpha value is -4.81. The molecule has 0 atom stereocenters. The molecule has 13 nitrogen and oxygen atoms in total. The molecule has 5 aromatic rings. The van der Waals surface area contributed by atoms with Crippen molar-refractivity contribution >= 4 is 62.0 Å². The molecule has 4 aliphatic rings. The fourth-order valence-electron chi connectivity index (χ4n) is 7.63. The van der Waals surface area contributed by atoms with Gasteiger partial charge in [-0.05, 0) is 29.8 Å². The second kappa shape index (κ2) is 19.5. The van der Waals surface area contributed by atoms with Gasteiger partial charge in [-0.15, -0.1) is 23.1 Å². The number of ether oxygens (including phenoxy) is 2. The van der Waals surface area contributed by atoms with Gasteiger partial charge in [0.1, 0.15) is 0 Å². The molecule has 3 aromatic heterocycles. The molecule has 0 unspecified atom stereocenters. The quantitative estimate of drug-likeness (QED) is 0.154. The van der Waals surface area contributed by atoms with E-state index >= 15 is 0 Å². The van der Waals surface area contributed by atoms with Crippen LogP contribution < -0.4 is 0 Å². The largest absolute Gasteiger partial charge is 0.476 e. The van der Waals surface area contributed by atoms with Gasteiger partial charge < -0.3 is 19.5 Å². The maximum Gasteiger partial charge on any atom is 0.356 e. The lowest BCUT2D eigenvalue weighted by molar-refractivity contribution is 0.0298. The van der Waals surface area contributed by atoms with E-state index in [4.69, 9.17) is 21.1 Å². The summed E-state index contributed by atoms with van der Waals surface area (Å²) < 4.78 is 40.0. The molecule has 2 fully saturated rings. The van der Waals surface area contributed by atoms with E-state index in [1.54, 1.807) is 26.0 Å². The zero-order valence-electron chi connectivity index (χ0n) is 34.0. The Kier molecular flexibility index (Phi) is 14.1. The smallest absolute Gasteiger partial charge is 0.356 e. The third-order valence-corrected chi connectivity index (χ3v) is 14.5. The number of carbonyl (C=O) groups is 2. The summed E-state index contributed by atoms with van der Waals surface area (Å²) in [7, 11) is -3.67. The number of aromatic nitrogens is 4. The van der Waals surface area contributed by atoms with Gasteiger partial charge >= 0.3 is 5.97 Å². The second-order valence-corrected chi connectivity index (χ2v) is 18.6. The minimum atomic E-state index is -3.67. The number of carboxylic acids is 1. The van der Waals surface area contributed by atoms with E-state index in [1.807, 2.05) is 55.6 Å². The Labute approximate surface area is 368 Å². The number of thioether (sulfide) groups is 1. The number of thiophene rings is 1. The molecule has 7 heterocycles. The van der Waals surface area contributed by atoms with E-state index < -0.39 is 15.8 Å². The van der Waals surface area contributed by atoms with Gasteiger partial charge in [0.25, 0.3) is 5.91 Å². The summed E-state index contributed by atoms with van der Waals surface area (Å²) in [6.45, 7) is 18.0. The van der Waals surface area contributed by atoms with Crippen molar-refractivity contribution in [3.63, 3.8) is 0 Å². The highest BCUT2D eigenvalue weighted by molar-refractivity contribution is 7.98. The maximum atomic E-state index is 13.2. The second-order valence-electron chi connectivity index (χ2n) is 14.1. The third kappa shape index (κ3) is 9.36. The number of amides is 1. The van der Waals surface area contributed by atoms with Crippen molar-refractivity contribution in [3.8, 4) is 16.9 Å². The number of hydrogen-bond donors (Lipinski definition) is 1. The van der Waals surface area contributed by atoms with Crippen LogP contribution in [0.15, 0.2) is 95.1 Å². The average Bonchev–Trinajstić information content (AvgIpc) is 3.99. The van der Waals surface area contributed by atoms with Crippen molar-refractivity contribution in [1.82, 2.24) is 29.4 Å². The minimum Gasteiger partial charge on any atom is -0.476 e. The first-order chi connectivity index (χ1) is 29.6. The monoisotopic (exact) mass is 902 g/mol. The highest BCUT2D eigenvalue weighted by atomic mass is 35.5. The van der Waals surface area contributed by atoms with Gasteiger partial charge in [-0.3, -0.25) is 14.4 Å². The highest BCUT2D eigenvalue weighted by Crippen LogP contribution is 2.44. The summed E-state index contributed by atoms with van der Waals surface area (Å²) in [6, 6.07) is 18.2. The lowest BCUT2D eigenvalue weighted by Crippen LogP contribution is -2.41. The fourth-order valence-corrected chi connectivity index (χ4v) is 11.3. The number of benzene rings is 2. The third-order valence-electron chi connectivity index (χ3n) is 10.4. The fraction of sp³-hybridized carbons (Fsp3) is 0.318. The molecule has 17 heteroatoms. The number of allylic oxidation sites excluding steroid dienone is 3. The molecule has 4 aliphatic heterocycles. The molecule has 0 bridgehead atoms. The molecule has 0 spiro atoms. The van der Waals surface area contributed by atoms with E-state index in [0.717, 1.165) is 65.1 Å². The SMILES string of the molecule is C=CC1=C(C=C)S(=O)(=O)Cc2c(C(=O)N3CCOCC3)nn(Cc3cc(Cl)cs3)c21.CC.O=C(O)c1nn(-c2ccc(CN3CCOCC3)cc2)c2c1CSc1ccccc1-2. The number of morpholine rings is 2. The van der Waals surface area contributed by atoms with E-state index in [-0.39, 0.29) is 28.0 Å². The van der Waals surface area contributed by atoms with E-state index in [0.29, 0.717) is 60.5 Å². The van der Waals surface area contributed by atoms with Crippen molar-refractivity contribution in [3.05, 3.63) is 134 Å². The van der Waals surface area contributed by atoms with Gasteiger partial charge in [0.2, 0.25) is 0 Å². The molecular weight excluding hydrogens is 856 g/mol. The van der Waals surface area contributed by atoms with Crippen molar-refractivity contribution in [2.75, 3.05) is 52.6 Å². The van der Waals surface area contributed by atoms with Crippen LogP contribution in [0.4, 0.5) is 0 Å². The molecule has 61 heavy (non-hydrogen) atoms. The van der Waals surface area contributed by atoms with E-state index in [2.05, 4.69) is 46.5 Å². The van der Waals surface area contributed by atoms with Crippen LogP contribution in [0.3, 0.4) is 0 Å². The number of halogens is 1. The number of hydrogen-bond acceptors (Lipinski definition) is 11. The van der Waals surface area contributed by atoms with Crippen LogP contribution in [-0.2, 0) is 43.9 Å². The number of sulfone groups is 1. The first-order valence-electron chi connectivity index (χ1n) is 19.9. The van der Waals surface area contributed by atoms with Gasteiger partial charge in [-0.1, -0.05) is 81.1 Å². The summed E-state index contributed by atoms with van der Waals surface area (Å²) in [4.78, 5) is 31.2. The molecule has 320 valence electrons. The molecule has 9 rings (SSSR count). The predicted molar refractivity (Wildman–Crippen MR) is 240 cm³/mol. The number of carboxylic acid groups (broad SMARTS) is 1. The Morgan fingerprint density at radius 1 is 0.885 bits per heavy atom. The normalized spacial score (nSPS) is 16.8. The average molecular weight is 904 g/mol. The van der Waals surface area contributed by atoms with Gasteiger partial charge in [0.15, 0.2) is 21.2 Å². The zero-order valence-corrected chi connectivity index (χ0v) is 37.2. The van der Waals surface area contributed by atoms with Crippen LogP contribution >= 0.6 is 34.7 Å². The summed E-state index contributed by atoms with van der Waals surface area (Å²) in [5.41, 5.74) is 6.49. The molecule has 1 N–H and O–H groups in total. The molecule has 2 saturated heterocycles. The summed E-state index contributed by atoms with van der Waals surface area (Å²) in [6.07, 6.45) is 2.80. The summed E-state index contributed by atoms with van der Waals surface area (Å²) in [5, 5.41) is 21.2. The Morgan fingerprint density at radius 3 is 2.21 bits per heavy atom. The first-order valence-corrected chi connectivity index (χ1v) is 23.8. The number of rotatable bonds is 9. The Morgan fingerprint density at radius 2 is 1.57 bits per heavy atom. The first kappa shape index (κ1) is 44.3. The van der Waals surface area contributed by atoms with Crippen LogP contribution in [0.2, 0.25) is 5.02 Å². The van der Waals surface area contributed by atoms with Crippen LogP contribution in [0.1, 0.15) is 62.1 Å². The standard InChI is InChI=1S/C22H21N3O3S.C20H20ClN3O4S2.C2H6/c26-22(27)20-18-14-29-19-4-2-1-3-17(19)21(18)25(23-20)16-7-5-15(6-8-16)13-24-9-11-28-12-10-24;1-3-15-17(4-2)30(26,27)12-16-18(20(25)23-5-7-28-8-6-23)22-24(19(15)16)10-14-9-13(21)11-29-14;1-2/h1-8H,9-14H2,(H,26,27);3-4,9,11H,1-2,5-8,10,12H2;1-2H3. The lowest BCUT2D eigenvalue weighted by Gasteiger charge is -2.26. The molecule has 2 aromatic carbocycles. The van der Waals surface area contributed by atoms with Crippen LogP contribution in [0.25, 0.3) is 22.5 Å². The van der Waals surface area contributed by atoms with Gasteiger partial charge in [-0.2, -0.15) is 10.2 Å². The van der Waals surface area contributed by atoms with Crippen molar-refractivity contribution in [1.29, 1.82) is 0 Å². The predicted octanol–water partition coefficient (Wildman–Crippen LogP) is 7.83. The summed E-state index contributed by atoms with van der Waals surface area (Å²) >= 11 is 9.19. The van der Waals surface area contributed by atoms with E-state index in [9.17, 15) is 23.1 Å². The van der Waals surface area contributed by atoms with Crippen LogP contribution in [0, 0.1) is 0 Å². The molecule has 1 amide bonds. The summed E-state index contributed by atoms with van der Waals surface area (Å²) in [5.74, 6) is -0.970. The van der Waals surface area contributed by atoms with Gasteiger partial charge in [-0.25, -0.2) is 17.9 Å². The number of carbonyl (C=O) groups excluding carboxylic acids is 1. The van der Waals surface area contributed by atoms with Crippen molar-refractivity contribution in [2.45, 2.75) is 43.3 Å².